The van der Waals surface area contributed by atoms with Crippen LogP contribution in [0.25, 0.3) is 0 Å². The predicted octanol–water partition coefficient (Wildman–Crippen LogP) is 2.49. The summed E-state index contributed by atoms with van der Waals surface area (Å²) in [5.41, 5.74) is 0. The molecule has 3 atom stereocenters. The van der Waals surface area contributed by atoms with E-state index in [-0.39, 0.29) is 18.1 Å². The Labute approximate surface area is 96.9 Å². The molecule has 0 aliphatic heterocycles. The summed E-state index contributed by atoms with van der Waals surface area (Å²) in [7, 11) is 0. The smallest absolute Gasteiger partial charge is 0.434 e. The number of hydrogen-bond acceptors (Lipinski definition) is 4. The highest BCUT2D eigenvalue weighted by molar-refractivity contribution is 5.60. The Morgan fingerprint density at radius 2 is 2.25 bits per heavy atom. The minimum absolute atomic E-state index is 0.0931. The number of ether oxygens (including phenoxy) is 2. The number of hydrogen-bond donors (Lipinski definition) is 1. The van der Waals surface area contributed by atoms with Gasteiger partial charge in [0.25, 0.3) is 0 Å². The zero-order valence-corrected chi connectivity index (χ0v) is 10.1. The summed E-state index contributed by atoms with van der Waals surface area (Å²) in [5, 5.41) is 9.46. The topological polar surface area (TPSA) is 55.8 Å². The monoisotopic (exact) mass is 230 g/mol. The predicted molar refractivity (Wildman–Crippen MR) is 60.2 cm³/mol. The third kappa shape index (κ3) is 4.84. The van der Waals surface area contributed by atoms with Gasteiger partial charge in [-0.3, -0.25) is 0 Å². The van der Waals surface area contributed by atoms with E-state index in [0.29, 0.717) is 6.61 Å². The van der Waals surface area contributed by atoms with Crippen LogP contribution in [0.15, 0.2) is 0 Å². The van der Waals surface area contributed by atoms with E-state index in [9.17, 15) is 9.90 Å². The van der Waals surface area contributed by atoms with Crippen LogP contribution in [-0.4, -0.2) is 30.1 Å². The summed E-state index contributed by atoms with van der Waals surface area (Å²) in [5.74, 6) is 0.285. The van der Waals surface area contributed by atoms with Crippen molar-refractivity contribution in [1.29, 1.82) is 0 Å². The van der Waals surface area contributed by atoms with E-state index < -0.39 is 6.16 Å². The van der Waals surface area contributed by atoms with Crippen molar-refractivity contribution in [3.05, 3.63) is 0 Å². The standard InChI is InChI=1S/C12H22O4/c1-3-9(2)16-12(14)15-8-10-5-4-6-11(13)7-10/h9-11,13H,3-8H2,1-2H3. The molecule has 0 radical (unpaired) electrons. The molecule has 4 heteroatoms. The fourth-order valence-corrected chi connectivity index (χ4v) is 1.88. The fraction of sp³-hybridized carbons (Fsp3) is 0.917. The lowest BCUT2D eigenvalue weighted by Crippen LogP contribution is -2.25. The molecule has 94 valence electrons. The van der Waals surface area contributed by atoms with Crippen LogP contribution < -0.4 is 0 Å². The maximum atomic E-state index is 11.2. The van der Waals surface area contributed by atoms with Gasteiger partial charge in [-0.05, 0) is 38.5 Å². The maximum Gasteiger partial charge on any atom is 0.508 e. The fourth-order valence-electron chi connectivity index (χ4n) is 1.88. The molecule has 1 fully saturated rings. The van der Waals surface area contributed by atoms with Crippen LogP contribution in [0, 0.1) is 5.92 Å². The summed E-state index contributed by atoms with van der Waals surface area (Å²) in [6.07, 6.45) is 3.51. The van der Waals surface area contributed by atoms with Crippen molar-refractivity contribution >= 4 is 6.16 Å². The molecular weight excluding hydrogens is 208 g/mol. The molecule has 0 aromatic heterocycles. The van der Waals surface area contributed by atoms with E-state index in [4.69, 9.17) is 9.47 Å². The summed E-state index contributed by atoms with van der Waals surface area (Å²) < 4.78 is 10.0. The average Bonchev–Trinajstić information content (AvgIpc) is 2.26. The molecule has 3 unspecified atom stereocenters. The van der Waals surface area contributed by atoms with Gasteiger partial charge in [-0.1, -0.05) is 13.3 Å². The number of carbonyl (C=O) groups is 1. The van der Waals surface area contributed by atoms with Crippen LogP contribution in [-0.2, 0) is 9.47 Å². The molecular formula is C12H22O4. The Kier molecular flexibility index (Phi) is 5.60. The highest BCUT2D eigenvalue weighted by atomic mass is 16.7. The molecule has 0 aromatic rings. The van der Waals surface area contributed by atoms with Gasteiger partial charge in [-0.25, -0.2) is 4.79 Å². The lowest BCUT2D eigenvalue weighted by atomic mass is 9.88. The van der Waals surface area contributed by atoms with E-state index >= 15 is 0 Å². The van der Waals surface area contributed by atoms with Crippen LogP contribution in [0.2, 0.25) is 0 Å². The second-order valence-corrected chi connectivity index (χ2v) is 4.58. The first-order chi connectivity index (χ1) is 7.61. The van der Waals surface area contributed by atoms with Gasteiger partial charge in [-0.2, -0.15) is 0 Å². The SMILES string of the molecule is CCC(C)OC(=O)OCC1CCCC(O)C1. The maximum absolute atomic E-state index is 11.2. The quantitative estimate of drug-likeness (QED) is 0.754. The number of aliphatic hydroxyl groups is 1. The molecule has 1 N–H and O–H groups in total. The van der Waals surface area contributed by atoms with Crippen molar-refractivity contribution in [3.8, 4) is 0 Å². The van der Waals surface area contributed by atoms with Crippen molar-refractivity contribution in [2.75, 3.05) is 6.61 Å². The molecule has 0 amide bonds. The summed E-state index contributed by atoms with van der Waals surface area (Å²) in [6, 6.07) is 0. The highest BCUT2D eigenvalue weighted by Crippen LogP contribution is 2.24. The van der Waals surface area contributed by atoms with Gasteiger partial charge in [0.15, 0.2) is 0 Å². The lowest BCUT2D eigenvalue weighted by molar-refractivity contribution is 0.00644. The Hall–Kier alpha value is -0.770. The minimum Gasteiger partial charge on any atom is -0.434 e. The van der Waals surface area contributed by atoms with Crippen LogP contribution >= 0.6 is 0 Å². The average molecular weight is 230 g/mol. The van der Waals surface area contributed by atoms with Crippen molar-refractivity contribution in [3.63, 3.8) is 0 Å². The van der Waals surface area contributed by atoms with Crippen molar-refractivity contribution in [2.45, 2.75) is 58.2 Å². The zero-order valence-electron chi connectivity index (χ0n) is 10.1. The number of carbonyl (C=O) groups excluding carboxylic acids is 1. The van der Waals surface area contributed by atoms with Crippen molar-refractivity contribution in [2.24, 2.45) is 5.92 Å². The normalized spacial score (nSPS) is 27.2. The Morgan fingerprint density at radius 3 is 2.88 bits per heavy atom. The number of aliphatic hydroxyl groups excluding tert-OH is 1. The summed E-state index contributed by atoms with van der Waals surface area (Å²) >= 11 is 0. The first kappa shape index (κ1) is 13.3. The van der Waals surface area contributed by atoms with Gasteiger partial charge in [0.05, 0.1) is 12.7 Å². The third-order valence-corrected chi connectivity index (χ3v) is 3.06. The van der Waals surface area contributed by atoms with Crippen molar-refractivity contribution < 1.29 is 19.4 Å². The molecule has 0 bridgehead atoms. The Balaban J connectivity index is 2.15. The molecule has 1 aliphatic carbocycles. The minimum atomic E-state index is -0.589. The summed E-state index contributed by atoms with van der Waals surface area (Å²) in [6.45, 7) is 4.16. The van der Waals surface area contributed by atoms with Gasteiger partial charge < -0.3 is 14.6 Å². The van der Waals surface area contributed by atoms with E-state index in [1.165, 1.54) is 0 Å². The van der Waals surface area contributed by atoms with Crippen LogP contribution in [0.4, 0.5) is 4.79 Å². The van der Waals surface area contributed by atoms with Crippen molar-refractivity contribution in [1.82, 2.24) is 0 Å². The second kappa shape index (κ2) is 6.74. The van der Waals surface area contributed by atoms with Gasteiger partial charge in [0.2, 0.25) is 0 Å². The molecule has 0 aromatic carbocycles. The first-order valence-electron chi connectivity index (χ1n) is 6.13. The van der Waals surface area contributed by atoms with Gasteiger partial charge in [-0.15, -0.1) is 0 Å². The molecule has 0 spiro atoms. The van der Waals surface area contributed by atoms with E-state index in [2.05, 4.69) is 0 Å². The van der Waals surface area contributed by atoms with Crippen LogP contribution in [0.3, 0.4) is 0 Å². The van der Waals surface area contributed by atoms with Gasteiger partial charge in [0.1, 0.15) is 6.10 Å². The summed E-state index contributed by atoms with van der Waals surface area (Å²) in [4.78, 5) is 11.2. The first-order valence-corrected chi connectivity index (χ1v) is 6.13. The van der Waals surface area contributed by atoms with Gasteiger partial charge >= 0.3 is 6.16 Å². The molecule has 0 heterocycles. The Bertz CT molecular complexity index is 217. The zero-order chi connectivity index (χ0) is 12.0. The lowest BCUT2D eigenvalue weighted by Gasteiger charge is -2.25. The van der Waals surface area contributed by atoms with E-state index in [0.717, 1.165) is 32.1 Å². The molecule has 1 aliphatic rings. The van der Waals surface area contributed by atoms with Crippen LogP contribution in [0.5, 0.6) is 0 Å². The van der Waals surface area contributed by atoms with Gasteiger partial charge in [0, 0.05) is 0 Å². The molecule has 1 rings (SSSR count). The third-order valence-electron chi connectivity index (χ3n) is 3.06. The van der Waals surface area contributed by atoms with E-state index in [1.54, 1.807) is 0 Å². The molecule has 1 saturated carbocycles. The Morgan fingerprint density at radius 1 is 1.50 bits per heavy atom. The molecule has 0 saturated heterocycles. The second-order valence-electron chi connectivity index (χ2n) is 4.58. The van der Waals surface area contributed by atoms with Crippen LogP contribution in [0.1, 0.15) is 46.0 Å². The highest BCUT2D eigenvalue weighted by Gasteiger charge is 2.21. The van der Waals surface area contributed by atoms with E-state index in [1.807, 2.05) is 13.8 Å². The largest absolute Gasteiger partial charge is 0.508 e. The number of rotatable bonds is 4. The molecule has 16 heavy (non-hydrogen) atoms. The molecule has 4 nitrogen and oxygen atoms in total.